The van der Waals surface area contributed by atoms with Crippen LogP contribution in [0.2, 0.25) is 0 Å². The Kier molecular flexibility index (Phi) is 5.48. The standard InChI is InChI=1S/C17H26N2O2/c1-3-14-8-6-5-7-11-19(14)16-10-9-13(12-15(16)18)17(20)21-4-2/h9-10,12,14H,3-8,11,18H2,1-2H3. The van der Waals surface area contributed by atoms with Crippen LogP contribution < -0.4 is 10.6 Å². The number of nitrogens with two attached hydrogens (primary N) is 1. The number of nitrogen functional groups attached to an aromatic ring is 1. The second-order valence-electron chi connectivity index (χ2n) is 5.60. The van der Waals surface area contributed by atoms with Gasteiger partial charge in [0.25, 0.3) is 0 Å². The lowest BCUT2D eigenvalue weighted by atomic mass is 10.1. The first-order chi connectivity index (χ1) is 10.2. The molecule has 0 bridgehead atoms. The van der Waals surface area contributed by atoms with Crippen molar-refractivity contribution < 1.29 is 9.53 Å². The summed E-state index contributed by atoms with van der Waals surface area (Å²) in [5, 5.41) is 0. The second-order valence-corrected chi connectivity index (χ2v) is 5.60. The Morgan fingerprint density at radius 2 is 2.14 bits per heavy atom. The maximum atomic E-state index is 11.8. The molecule has 116 valence electrons. The zero-order chi connectivity index (χ0) is 15.2. The van der Waals surface area contributed by atoms with Crippen LogP contribution in [0.15, 0.2) is 18.2 Å². The quantitative estimate of drug-likeness (QED) is 0.680. The molecule has 21 heavy (non-hydrogen) atoms. The molecule has 1 saturated heterocycles. The molecule has 2 rings (SSSR count). The van der Waals surface area contributed by atoms with Crippen molar-refractivity contribution in [3.63, 3.8) is 0 Å². The van der Waals surface area contributed by atoms with E-state index < -0.39 is 0 Å². The van der Waals surface area contributed by atoms with Crippen LogP contribution in [0.3, 0.4) is 0 Å². The van der Waals surface area contributed by atoms with Gasteiger partial charge in [-0.1, -0.05) is 19.8 Å². The highest BCUT2D eigenvalue weighted by Crippen LogP contribution is 2.31. The molecule has 1 fully saturated rings. The third kappa shape index (κ3) is 3.69. The minimum Gasteiger partial charge on any atom is -0.462 e. The SMILES string of the molecule is CCOC(=O)c1ccc(N2CCCCCC2CC)c(N)c1. The molecule has 0 spiro atoms. The van der Waals surface area contributed by atoms with Crippen molar-refractivity contribution in [2.75, 3.05) is 23.8 Å². The van der Waals surface area contributed by atoms with Crippen LogP contribution in [0.4, 0.5) is 11.4 Å². The van der Waals surface area contributed by atoms with Crippen LogP contribution in [0, 0.1) is 0 Å². The van der Waals surface area contributed by atoms with Crippen molar-refractivity contribution in [3.8, 4) is 0 Å². The van der Waals surface area contributed by atoms with Gasteiger partial charge in [-0.2, -0.15) is 0 Å². The Morgan fingerprint density at radius 3 is 2.81 bits per heavy atom. The average Bonchev–Trinajstić information content (AvgIpc) is 2.72. The molecule has 0 aliphatic carbocycles. The Labute approximate surface area is 127 Å². The van der Waals surface area contributed by atoms with Crippen LogP contribution in [0.25, 0.3) is 0 Å². The summed E-state index contributed by atoms with van der Waals surface area (Å²) in [7, 11) is 0. The number of ether oxygens (including phenoxy) is 1. The average molecular weight is 290 g/mol. The van der Waals surface area contributed by atoms with Crippen molar-refractivity contribution in [1.29, 1.82) is 0 Å². The van der Waals surface area contributed by atoms with Gasteiger partial charge in [-0.05, 0) is 44.4 Å². The fraction of sp³-hybridized carbons (Fsp3) is 0.588. The van der Waals surface area contributed by atoms with Gasteiger partial charge >= 0.3 is 5.97 Å². The van der Waals surface area contributed by atoms with Crippen molar-refractivity contribution in [3.05, 3.63) is 23.8 Å². The molecule has 0 aromatic heterocycles. The van der Waals surface area contributed by atoms with Gasteiger partial charge in [0.1, 0.15) is 0 Å². The first kappa shape index (κ1) is 15.7. The zero-order valence-corrected chi connectivity index (χ0v) is 13.1. The molecule has 0 radical (unpaired) electrons. The molecule has 1 heterocycles. The van der Waals surface area contributed by atoms with E-state index in [0.717, 1.165) is 18.7 Å². The number of hydrogen-bond donors (Lipinski definition) is 1. The van der Waals surface area contributed by atoms with Crippen molar-refractivity contribution in [2.45, 2.75) is 52.0 Å². The Hall–Kier alpha value is -1.71. The highest BCUT2D eigenvalue weighted by molar-refractivity contribution is 5.92. The topological polar surface area (TPSA) is 55.6 Å². The lowest BCUT2D eigenvalue weighted by Crippen LogP contribution is -2.34. The molecular formula is C17H26N2O2. The second kappa shape index (κ2) is 7.34. The summed E-state index contributed by atoms with van der Waals surface area (Å²) < 4.78 is 5.02. The van der Waals surface area contributed by atoms with Gasteiger partial charge < -0.3 is 15.4 Å². The lowest BCUT2D eigenvalue weighted by molar-refractivity contribution is 0.0526. The van der Waals surface area contributed by atoms with Crippen LogP contribution in [-0.4, -0.2) is 25.2 Å². The monoisotopic (exact) mass is 290 g/mol. The van der Waals surface area contributed by atoms with Gasteiger partial charge in [-0.3, -0.25) is 0 Å². The first-order valence-electron chi connectivity index (χ1n) is 8.00. The number of carbonyl (C=O) groups is 1. The summed E-state index contributed by atoms with van der Waals surface area (Å²) in [6.45, 7) is 5.46. The molecular weight excluding hydrogens is 264 g/mol. The van der Waals surface area contributed by atoms with Gasteiger partial charge in [0.05, 0.1) is 23.5 Å². The number of esters is 1. The molecule has 1 unspecified atom stereocenters. The third-order valence-electron chi connectivity index (χ3n) is 4.20. The summed E-state index contributed by atoms with van der Waals surface area (Å²) in [4.78, 5) is 14.2. The van der Waals surface area contributed by atoms with Crippen LogP contribution >= 0.6 is 0 Å². The highest BCUT2D eigenvalue weighted by Gasteiger charge is 2.22. The molecule has 1 aromatic rings. The predicted octanol–water partition coefficient (Wildman–Crippen LogP) is 3.60. The fourth-order valence-electron chi connectivity index (χ4n) is 3.08. The number of anilines is 2. The largest absolute Gasteiger partial charge is 0.462 e. The van der Waals surface area contributed by atoms with E-state index in [2.05, 4.69) is 11.8 Å². The molecule has 0 saturated carbocycles. The number of rotatable bonds is 4. The van der Waals surface area contributed by atoms with Crippen LogP contribution in [0.5, 0.6) is 0 Å². The molecule has 4 heteroatoms. The molecule has 2 N–H and O–H groups in total. The minimum atomic E-state index is -0.307. The van der Waals surface area contributed by atoms with Crippen molar-refractivity contribution in [1.82, 2.24) is 0 Å². The van der Waals surface area contributed by atoms with E-state index >= 15 is 0 Å². The van der Waals surface area contributed by atoms with Gasteiger partial charge in [0, 0.05) is 12.6 Å². The third-order valence-corrected chi connectivity index (χ3v) is 4.20. The van der Waals surface area contributed by atoms with Crippen LogP contribution in [0.1, 0.15) is 56.3 Å². The van der Waals surface area contributed by atoms with E-state index in [-0.39, 0.29) is 5.97 Å². The first-order valence-corrected chi connectivity index (χ1v) is 8.00. The van der Waals surface area contributed by atoms with E-state index in [4.69, 9.17) is 10.5 Å². The van der Waals surface area contributed by atoms with Crippen molar-refractivity contribution in [2.24, 2.45) is 0 Å². The summed E-state index contributed by atoms with van der Waals surface area (Å²) in [6.07, 6.45) is 6.12. The van der Waals surface area contributed by atoms with E-state index in [1.165, 1.54) is 25.7 Å². The molecule has 0 amide bonds. The summed E-state index contributed by atoms with van der Waals surface area (Å²) in [6, 6.07) is 6.07. The molecule has 1 aromatic carbocycles. The fourth-order valence-corrected chi connectivity index (χ4v) is 3.08. The molecule has 4 nitrogen and oxygen atoms in total. The van der Waals surface area contributed by atoms with Gasteiger partial charge in [-0.15, -0.1) is 0 Å². The van der Waals surface area contributed by atoms with E-state index in [1.807, 2.05) is 12.1 Å². The van der Waals surface area contributed by atoms with Gasteiger partial charge in [-0.25, -0.2) is 4.79 Å². The Balaban J connectivity index is 2.24. The van der Waals surface area contributed by atoms with E-state index in [1.54, 1.807) is 13.0 Å². The van der Waals surface area contributed by atoms with E-state index in [0.29, 0.717) is 23.9 Å². The summed E-state index contributed by atoms with van der Waals surface area (Å²) >= 11 is 0. The number of nitrogens with zero attached hydrogens (tertiary/aromatic N) is 1. The highest BCUT2D eigenvalue weighted by atomic mass is 16.5. The maximum absolute atomic E-state index is 11.8. The zero-order valence-electron chi connectivity index (χ0n) is 13.1. The maximum Gasteiger partial charge on any atom is 0.338 e. The summed E-state index contributed by atoms with van der Waals surface area (Å²) in [5.41, 5.74) is 8.45. The van der Waals surface area contributed by atoms with Crippen molar-refractivity contribution >= 4 is 17.3 Å². The van der Waals surface area contributed by atoms with E-state index in [9.17, 15) is 4.79 Å². The molecule has 1 atom stereocenters. The summed E-state index contributed by atoms with van der Waals surface area (Å²) in [5.74, 6) is -0.307. The number of benzene rings is 1. The molecule has 1 aliphatic heterocycles. The Morgan fingerprint density at radius 1 is 1.33 bits per heavy atom. The smallest absolute Gasteiger partial charge is 0.338 e. The normalized spacial score (nSPS) is 19.1. The lowest BCUT2D eigenvalue weighted by Gasteiger charge is -2.32. The molecule has 1 aliphatic rings. The number of hydrogen-bond acceptors (Lipinski definition) is 4. The predicted molar refractivity (Wildman–Crippen MR) is 86.7 cm³/mol. The van der Waals surface area contributed by atoms with Gasteiger partial charge in [0.15, 0.2) is 0 Å². The Bertz CT molecular complexity index is 488. The van der Waals surface area contributed by atoms with Gasteiger partial charge in [0.2, 0.25) is 0 Å². The number of carbonyl (C=O) groups excluding carboxylic acids is 1. The van der Waals surface area contributed by atoms with Crippen LogP contribution in [-0.2, 0) is 4.74 Å². The minimum absolute atomic E-state index is 0.307.